The summed E-state index contributed by atoms with van der Waals surface area (Å²) in [6.45, 7) is 2.71. The summed E-state index contributed by atoms with van der Waals surface area (Å²) in [6, 6.07) is 1.25. The molecule has 20 heavy (non-hydrogen) atoms. The second-order valence-electron chi connectivity index (χ2n) is 4.29. The molecule has 116 valence electrons. The molecule has 0 aliphatic rings. The molecular formula is C11H17F3N2O3S. The fourth-order valence-electron chi connectivity index (χ4n) is 1.62. The highest BCUT2D eigenvalue weighted by Crippen LogP contribution is 2.25. The summed E-state index contributed by atoms with van der Waals surface area (Å²) in [7, 11) is -3.33. The zero-order valence-corrected chi connectivity index (χ0v) is 12.2. The van der Waals surface area contributed by atoms with Crippen LogP contribution >= 0.6 is 0 Å². The molecular weight excluding hydrogens is 297 g/mol. The first-order valence-electron chi connectivity index (χ1n) is 5.91. The van der Waals surface area contributed by atoms with Crippen molar-refractivity contribution >= 4 is 10.0 Å². The molecule has 1 rings (SSSR count). The molecule has 0 radical (unpaired) electrons. The Kier molecular flexibility index (Phi) is 5.22. The molecule has 0 fully saturated rings. The lowest BCUT2D eigenvalue weighted by atomic mass is 10.4. The van der Waals surface area contributed by atoms with Crippen molar-refractivity contribution in [3.63, 3.8) is 0 Å². The summed E-state index contributed by atoms with van der Waals surface area (Å²) in [5.41, 5.74) is 0. The van der Waals surface area contributed by atoms with Gasteiger partial charge in [0.05, 0.1) is 6.54 Å². The van der Waals surface area contributed by atoms with Crippen LogP contribution in [0.2, 0.25) is 0 Å². The van der Waals surface area contributed by atoms with Crippen molar-refractivity contribution in [1.82, 2.24) is 9.62 Å². The molecule has 0 saturated heterocycles. The van der Waals surface area contributed by atoms with Crippen LogP contribution in [0.3, 0.4) is 0 Å². The fraction of sp³-hybridized carbons (Fsp3) is 0.636. The number of hydrogen-bond acceptors (Lipinski definition) is 4. The smallest absolute Gasteiger partial charge is 0.402 e. The monoisotopic (exact) mass is 314 g/mol. The molecule has 5 nitrogen and oxygen atoms in total. The van der Waals surface area contributed by atoms with Gasteiger partial charge in [0.25, 0.3) is 0 Å². The van der Waals surface area contributed by atoms with E-state index in [1.165, 1.54) is 13.0 Å². The van der Waals surface area contributed by atoms with Crippen LogP contribution in [0.5, 0.6) is 0 Å². The molecule has 0 aliphatic carbocycles. The molecule has 1 aromatic heterocycles. The first-order valence-corrected chi connectivity index (χ1v) is 7.35. The molecule has 1 aromatic rings. The molecule has 0 unspecified atom stereocenters. The predicted molar refractivity (Wildman–Crippen MR) is 66.7 cm³/mol. The molecule has 0 spiro atoms. The summed E-state index contributed by atoms with van der Waals surface area (Å²) >= 11 is 0. The fourth-order valence-corrected chi connectivity index (χ4v) is 2.96. The van der Waals surface area contributed by atoms with E-state index >= 15 is 0 Å². The summed E-state index contributed by atoms with van der Waals surface area (Å²) < 4.78 is 66.5. The standard InChI is InChI=1S/C11H17F3N2O3S/c1-4-15-6-9-5-10(8(2)19-9)20(17,18)16(3)7-11(12,13)14/h5,15H,4,6-7H2,1-3H3. The average Bonchev–Trinajstić information content (AvgIpc) is 2.66. The van der Waals surface area contributed by atoms with Gasteiger partial charge in [-0.15, -0.1) is 0 Å². The molecule has 0 aromatic carbocycles. The number of nitrogens with one attached hydrogen (secondary N) is 1. The lowest BCUT2D eigenvalue weighted by Crippen LogP contribution is -2.35. The first kappa shape index (κ1) is 17.0. The number of sulfonamides is 1. The minimum Gasteiger partial charge on any atom is -0.464 e. The number of aryl methyl sites for hydroxylation is 1. The number of alkyl halides is 3. The van der Waals surface area contributed by atoms with Gasteiger partial charge >= 0.3 is 6.18 Å². The topological polar surface area (TPSA) is 62.6 Å². The van der Waals surface area contributed by atoms with Gasteiger partial charge in [0, 0.05) is 13.1 Å². The Labute approximate surface area is 115 Å². The van der Waals surface area contributed by atoms with Crippen molar-refractivity contribution in [2.24, 2.45) is 0 Å². The van der Waals surface area contributed by atoms with E-state index in [0.717, 1.165) is 7.05 Å². The molecule has 1 heterocycles. The molecule has 9 heteroatoms. The van der Waals surface area contributed by atoms with Crippen LogP contribution in [-0.2, 0) is 16.6 Å². The van der Waals surface area contributed by atoms with E-state index < -0.39 is 22.7 Å². The zero-order chi connectivity index (χ0) is 15.6. The van der Waals surface area contributed by atoms with Gasteiger partial charge in [0.15, 0.2) is 0 Å². The minimum atomic E-state index is -4.59. The van der Waals surface area contributed by atoms with Gasteiger partial charge in [0.2, 0.25) is 10.0 Å². The second-order valence-corrected chi connectivity index (χ2v) is 6.30. The van der Waals surface area contributed by atoms with Crippen molar-refractivity contribution in [2.45, 2.75) is 31.5 Å². The molecule has 1 N–H and O–H groups in total. The Morgan fingerprint density at radius 3 is 2.50 bits per heavy atom. The quantitative estimate of drug-likeness (QED) is 0.871. The van der Waals surface area contributed by atoms with Gasteiger partial charge in [-0.25, -0.2) is 8.42 Å². The third-order valence-corrected chi connectivity index (χ3v) is 4.47. The van der Waals surface area contributed by atoms with Crippen LogP contribution in [0.4, 0.5) is 13.2 Å². The van der Waals surface area contributed by atoms with Crippen LogP contribution in [0, 0.1) is 6.92 Å². The second kappa shape index (κ2) is 6.15. The van der Waals surface area contributed by atoms with E-state index in [-0.39, 0.29) is 15.0 Å². The number of rotatable bonds is 6. The van der Waals surface area contributed by atoms with E-state index in [4.69, 9.17) is 4.42 Å². The Hall–Kier alpha value is -1.06. The Bertz CT molecular complexity index is 552. The minimum absolute atomic E-state index is 0.0759. The van der Waals surface area contributed by atoms with Crippen molar-refractivity contribution in [3.8, 4) is 0 Å². The van der Waals surface area contributed by atoms with Crippen LogP contribution in [-0.4, -0.2) is 39.0 Å². The zero-order valence-electron chi connectivity index (χ0n) is 11.4. The lowest BCUT2D eigenvalue weighted by Gasteiger charge is -2.18. The third-order valence-electron chi connectivity index (χ3n) is 2.56. The largest absolute Gasteiger partial charge is 0.464 e. The predicted octanol–water partition coefficient (Wildman–Crippen LogP) is 1.88. The average molecular weight is 314 g/mol. The Morgan fingerprint density at radius 1 is 1.40 bits per heavy atom. The summed E-state index contributed by atoms with van der Waals surface area (Å²) in [4.78, 5) is -0.239. The third kappa shape index (κ3) is 4.22. The summed E-state index contributed by atoms with van der Waals surface area (Å²) in [6.07, 6.45) is -4.59. The van der Waals surface area contributed by atoms with E-state index in [0.29, 0.717) is 18.8 Å². The molecule has 0 amide bonds. The van der Waals surface area contributed by atoms with E-state index in [2.05, 4.69) is 5.32 Å². The summed E-state index contributed by atoms with van der Waals surface area (Å²) in [5, 5.41) is 2.94. The van der Waals surface area contributed by atoms with Gasteiger partial charge in [0.1, 0.15) is 23.0 Å². The van der Waals surface area contributed by atoms with Gasteiger partial charge < -0.3 is 9.73 Å². The summed E-state index contributed by atoms with van der Waals surface area (Å²) in [5.74, 6) is 0.440. The van der Waals surface area contributed by atoms with Crippen molar-refractivity contribution < 1.29 is 26.0 Å². The van der Waals surface area contributed by atoms with Gasteiger partial charge in [-0.2, -0.15) is 17.5 Å². The number of halogens is 3. The van der Waals surface area contributed by atoms with Gasteiger partial charge in [-0.1, -0.05) is 6.92 Å². The van der Waals surface area contributed by atoms with E-state index in [1.54, 1.807) is 0 Å². The maximum absolute atomic E-state index is 12.3. The highest BCUT2D eigenvalue weighted by molar-refractivity contribution is 7.89. The highest BCUT2D eigenvalue weighted by Gasteiger charge is 2.36. The van der Waals surface area contributed by atoms with Gasteiger partial charge in [-0.05, 0) is 13.5 Å². The maximum Gasteiger partial charge on any atom is 0.402 e. The molecule has 0 aliphatic heterocycles. The van der Waals surface area contributed by atoms with Crippen LogP contribution < -0.4 is 5.32 Å². The number of furan rings is 1. The van der Waals surface area contributed by atoms with Crippen LogP contribution in [0.1, 0.15) is 18.4 Å². The SMILES string of the molecule is CCNCc1cc(S(=O)(=O)N(C)CC(F)(F)F)c(C)o1. The van der Waals surface area contributed by atoms with Gasteiger partial charge in [-0.3, -0.25) is 0 Å². The molecule has 0 saturated carbocycles. The first-order chi connectivity index (χ1) is 9.08. The number of nitrogens with zero attached hydrogens (tertiary/aromatic N) is 1. The van der Waals surface area contributed by atoms with E-state index in [9.17, 15) is 21.6 Å². The molecule has 0 atom stereocenters. The molecule has 0 bridgehead atoms. The van der Waals surface area contributed by atoms with Crippen molar-refractivity contribution in [2.75, 3.05) is 20.1 Å². The highest BCUT2D eigenvalue weighted by atomic mass is 32.2. The maximum atomic E-state index is 12.3. The van der Waals surface area contributed by atoms with Crippen LogP contribution in [0.15, 0.2) is 15.4 Å². The number of hydrogen-bond donors (Lipinski definition) is 1. The Balaban J connectivity index is 3.00. The Morgan fingerprint density at radius 2 is 2.00 bits per heavy atom. The normalized spacial score (nSPS) is 13.2. The van der Waals surface area contributed by atoms with Crippen molar-refractivity contribution in [3.05, 3.63) is 17.6 Å². The van der Waals surface area contributed by atoms with E-state index in [1.807, 2.05) is 6.92 Å². The van der Waals surface area contributed by atoms with Crippen LogP contribution in [0.25, 0.3) is 0 Å². The lowest BCUT2D eigenvalue weighted by molar-refractivity contribution is -0.134. The van der Waals surface area contributed by atoms with Crippen molar-refractivity contribution in [1.29, 1.82) is 0 Å².